The number of methoxy groups -OCH3 is 1. The van der Waals surface area contributed by atoms with Crippen LogP contribution in [0, 0.1) is 3.57 Å². The van der Waals surface area contributed by atoms with Gasteiger partial charge in [0.05, 0.1) is 27.9 Å². The van der Waals surface area contributed by atoms with E-state index in [1.807, 2.05) is 79.7 Å². The molecule has 0 aromatic heterocycles. The molecule has 1 fully saturated rings. The number of carbonyl (C=O) groups is 1. The first-order valence-electron chi connectivity index (χ1n) is 10.5. The van der Waals surface area contributed by atoms with Crippen molar-refractivity contribution in [2.45, 2.75) is 13.5 Å². The van der Waals surface area contributed by atoms with Crippen LogP contribution in [0.25, 0.3) is 6.08 Å². The average molecular weight is 604 g/mol. The third kappa shape index (κ3) is 5.56. The van der Waals surface area contributed by atoms with E-state index >= 15 is 0 Å². The molecule has 0 N–H and O–H groups in total. The molecule has 0 radical (unpaired) electrons. The van der Waals surface area contributed by atoms with Gasteiger partial charge in [-0.25, -0.2) is 0 Å². The first-order chi connectivity index (χ1) is 16.5. The second-order valence-corrected chi connectivity index (χ2v) is 10.1. The molecule has 1 aliphatic rings. The van der Waals surface area contributed by atoms with Gasteiger partial charge in [-0.1, -0.05) is 54.3 Å². The van der Waals surface area contributed by atoms with Gasteiger partial charge in [-0.15, -0.1) is 0 Å². The van der Waals surface area contributed by atoms with Gasteiger partial charge in [0.2, 0.25) is 0 Å². The third-order valence-electron chi connectivity index (χ3n) is 4.98. The van der Waals surface area contributed by atoms with Crippen LogP contribution in [0.4, 0.5) is 5.69 Å². The van der Waals surface area contributed by atoms with Crippen LogP contribution in [0.5, 0.6) is 17.2 Å². The van der Waals surface area contributed by atoms with Crippen molar-refractivity contribution in [3.8, 4) is 17.2 Å². The molecule has 3 aromatic carbocycles. The number of thiocarbonyl (C=S) groups is 1. The summed E-state index contributed by atoms with van der Waals surface area (Å²) in [7, 11) is 1.60. The van der Waals surface area contributed by atoms with E-state index in [1.54, 1.807) is 7.11 Å². The molecule has 0 saturated carbocycles. The van der Waals surface area contributed by atoms with E-state index in [2.05, 4.69) is 22.6 Å². The Morgan fingerprint density at radius 2 is 1.79 bits per heavy atom. The topological polar surface area (TPSA) is 48.0 Å². The lowest BCUT2D eigenvalue weighted by Gasteiger charge is -2.15. The fourth-order valence-electron chi connectivity index (χ4n) is 3.38. The summed E-state index contributed by atoms with van der Waals surface area (Å²) in [5.74, 6) is 1.89. The smallest absolute Gasteiger partial charge is 0.270 e. The molecule has 3 aromatic rings. The normalized spacial score (nSPS) is 14.6. The van der Waals surface area contributed by atoms with Gasteiger partial charge in [0.1, 0.15) is 12.4 Å². The largest absolute Gasteiger partial charge is 0.497 e. The Morgan fingerprint density at radius 1 is 1.06 bits per heavy atom. The Kier molecular flexibility index (Phi) is 8.12. The van der Waals surface area contributed by atoms with E-state index in [1.165, 1.54) is 16.7 Å². The van der Waals surface area contributed by atoms with Gasteiger partial charge < -0.3 is 14.2 Å². The molecule has 0 unspecified atom stereocenters. The lowest BCUT2D eigenvalue weighted by atomic mass is 10.1. The minimum atomic E-state index is -0.155. The SMILES string of the molecule is CCOc1cc(/C=C2\SC(=S)N(c3ccc(OC)cc3)C2=O)cc(I)c1OCc1ccccc1. The zero-order chi connectivity index (χ0) is 24.1. The highest BCUT2D eigenvalue weighted by atomic mass is 127. The molecule has 8 heteroatoms. The van der Waals surface area contributed by atoms with Crippen molar-refractivity contribution in [3.05, 3.63) is 86.3 Å². The average Bonchev–Trinajstić information content (AvgIpc) is 3.12. The molecule has 4 rings (SSSR count). The maximum absolute atomic E-state index is 13.2. The Balaban J connectivity index is 1.59. The summed E-state index contributed by atoms with van der Waals surface area (Å²) in [5.41, 5.74) is 2.63. The third-order valence-corrected chi connectivity index (χ3v) is 7.08. The van der Waals surface area contributed by atoms with Gasteiger partial charge in [-0.3, -0.25) is 9.69 Å². The van der Waals surface area contributed by atoms with Crippen LogP contribution in [-0.4, -0.2) is 23.9 Å². The molecule has 1 heterocycles. The van der Waals surface area contributed by atoms with E-state index in [-0.39, 0.29) is 5.91 Å². The summed E-state index contributed by atoms with van der Waals surface area (Å²) in [6.07, 6.45) is 1.84. The number of ether oxygens (including phenoxy) is 3. The molecule has 1 amide bonds. The molecule has 1 saturated heterocycles. The van der Waals surface area contributed by atoms with Crippen molar-refractivity contribution < 1.29 is 19.0 Å². The molecule has 174 valence electrons. The second kappa shape index (κ2) is 11.2. The van der Waals surface area contributed by atoms with Gasteiger partial charge in [0.25, 0.3) is 5.91 Å². The first-order valence-corrected chi connectivity index (χ1v) is 12.9. The summed E-state index contributed by atoms with van der Waals surface area (Å²) in [6.45, 7) is 2.87. The lowest BCUT2D eigenvalue weighted by molar-refractivity contribution is -0.113. The fraction of sp³-hybridized carbons (Fsp3) is 0.154. The zero-order valence-electron chi connectivity index (χ0n) is 18.6. The predicted molar refractivity (Wildman–Crippen MR) is 150 cm³/mol. The van der Waals surface area contributed by atoms with E-state index in [0.29, 0.717) is 39.6 Å². The Bertz CT molecular complexity index is 1230. The van der Waals surface area contributed by atoms with Gasteiger partial charge >= 0.3 is 0 Å². The molecule has 1 aliphatic heterocycles. The minimum absolute atomic E-state index is 0.155. The van der Waals surface area contributed by atoms with E-state index in [4.69, 9.17) is 26.4 Å². The number of anilines is 1. The van der Waals surface area contributed by atoms with Gasteiger partial charge in [0, 0.05) is 0 Å². The molecule has 0 atom stereocenters. The van der Waals surface area contributed by atoms with Crippen LogP contribution in [0.15, 0.2) is 71.6 Å². The molecule has 0 bridgehead atoms. The molecule has 5 nitrogen and oxygen atoms in total. The van der Waals surface area contributed by atoms with Crippen molar-refractivity contribution in [2.75, 3.05) is 18.6 Å². The monoisotopic (exact) mass is 603 g/mol. The highest BCUT2D eigenvalue weighted by molar-refractivity contribution is 14.1. The van der Waals surface area contributed by atoms with Crippen molar-refractivity contribution in [1.29, 1.82) is 0 Å². The van der Waals surface area contributed by atoms with Gasteiger partial charge in [0.15, 0.2) is 15.8 Å². The quantitative estimate of drug-likeness (QED) is 0.163. The fourth-order valence-corrected chi connectivity index (χ4v) is 5.46. The maximum Gasteiger partial charge on any atom is 0.270 e. The Morgan fingerprint density at radius 3 is 2.47 bits per heavy atom. The molecule has 34 heavy (non-hydrogen) atoms. The summed E-state index contributed by atoms with van der Waals surface area (Å²) in [5, 5.41) is 0. The van der Waals surface area contributed by atoms with Crippen LogP contribution in [0.1, 0.15) is 18.1 Å². The highest BCUT2D eigenvalue weighted by Gasteiger charge is 2.33. The van der Waals surface area contributed by atoms with Crippen LogP contribution in [-0.2, 0) is 11.4 Å². The predicted octanol–water partition coefficient (Wildman–Crippen LogP) is 6.68. The molecular formula is C26H22INO4S2. The van der Waals surface area contributed by atoms with E-state index in [0.717, 1.165) is 20.4 Å². The standard InChI is InChI=1S/C26H22INO4S2/c1-3-31-22-14-18(13-21(27)24(22)32-16-17-7-5-4-6-8-17)15-23-25(29)28(26(33)34-23)19-9-11-20(30-2)12-10-19/h4-15H,3,16H2,1-2H3/b23-15-. The lowest BCUT2D eigenvalue weighted by Crippen LogP contribution is -2.27. The van der Waals surface area contributed by atoms with E-state index < -0.39 is 0 Å². The Labute approximate surface area is 222 Å². The van der Waals surface area contributed by atoms with Crippen LogP contribution in [0.3, 0.4) is 0 Å². The maximum atomic E-state index is 13.2. The summed E-state index contributed by atoms with van der Waals surface area (Å²) < 4.78 is 18.6. The van der Waals surface area contributed by atoms with Crippen molar-refractivity contribution in [2.24, 2.45) is 0 Å². The molecular weight excluding hydrogens is 581 g/mol. The number of amides is 1. The second-order valence-electron chi connectivity index (χ2n) is 7.25. The minimum Gasteiger partial charge on any atom is -0.497 e. The summed E-state index contributed by atoms with van der Waals surface area (Å²) in [4.78, 5) is 15.2. The van der Waals surface area contributed by atoms with Crippen molar-refractivity contribution >= 4 is 68.6 Å². The van der Waals surface area contributed by atoms with Crippen LogP contribution >= 0.6 is 46.6 Å². The summed E-state index contributed by atoms with van der Waals surface area (Å²) >= 11 is 9.02. The number of nitrogens with zero attached hydrogens (tertiary/aromatic N) is 1. The Hall–Kier alpha value is -2.56. The van der Waals surface area contributed by atoms with Crippen LogP contribution < -0.4 is 19.1 Å². The molecule has 0 aliphatic carbocycles. The van der Waals surface area contributed by atoms with E-state index in [9.17, 15) is 4.79 Å². The first kappa shape index (κ1) is 24.6. The number of thioether (sulfide) groups is 1. The zero-order valence-corrected chi connectivity index (χ0v) is 22.4. The number of hydrogen-bond donors (Lipinski definition) is 0. The molecule has 0 spiro atoms. The van der Waals surface area contributed by atoms with Crippen LogP contribution in [0.2, 0.25) is 0 Å². The van der Waals surface area contributed by atoms with Gasteiger partial charge in [-0.05, 0) is 83.1 Å². The number of benzene rings is 3. The van der Waals surface area contributed by atoms with Crippen molar-refractivity contribution in [1.82, 2.24) is 0 Å². The number of rotatable bonds is 8. The van der Waals surface area contributed by atoms with Crippen molar-refractivity contribution in [3.63, 3.8) is 0 Å². The highest BCUT2D eigenvalue weighted by Crippen LogP contribution is 2.39. The number of halogens is 1. The summed E-state index contributed by atoms with van der Waals surface area (Å²) in [6, 6.07) is 21.1. The number of hydrogen-bond acceptors (Lipinski definition) is 6. The van der Waals surface area contributed by atoms with Gasteiger partial charge in [-0.2, -0.15) is 0 Å². The number of carbonyl (C=O) groups excluding carboxylic acids is 1.